The van der Waals surface area contributed by atoms with Crippen molar-refractivity contribution in [2.75, 3.05) is 6.61 Å². The highest BCUT2D eigenvalue weighted by Crippen LogP contribution is 2.28. The summed E-state index contributed by atoms with van der Waals surface area (Å²) in [7, 11) is 0. The molecule has 0 radical (unpaired) electrons. The predicted molar refractivity (Wildman–Crippen MR) is 67.5 cm³/mol. The van der Waals surface area contributed by atoms with E-state index < -0.39 is 23.4 Å². The average Bonchev–Trinajstić information content (AvgIpc) is 2.38. The molecule has 19 heavy (non-hydrogen) atoms. The van der Waals surface area contributed by atoms with Crippen molar-refractivity contribution in [3.05, 3.63) is 0 Å². The number of hydrogen-bond acceptors (Lipinski definition) is 4. The Morgan fingerprint density at radius 3 is 2.32 bits per heavy atom. The summed E-state index contributed by atoms with van der Waals surface area (Å²) in [4.78, 5) is 34.2. The number of carboxylic acids is 1. The predicted octanol–water partition coefficient (Wildman–Crippen LogP) is 1.23. The largest absolute Gasteiger partial charge is 0.480 e. The third-order valence-electron chi connectivity index (χ3n) is 3.36. The van der Waals surface area contributed by atoms with Crippen LogP contribution in [0.1, 0.15) is 51.9 Å². The second-order valence-corrected chi connectivity index (χ2v) is 4.80. The molecule has 0 unspecified atom stereocenters. The van der Waals surface area contributed by atoms with Gasteiger partial charge in [-0.15, -0.1) is 0 Å². The van der Waals surface area contributed by atoms with Gasteiger partial charge in [-0.3, -0.25) is 9.59 Å². The molecular weight excluding hydrogens is 250 g/mol. The highest BCUT2D eigenvalue weighted by Gasteiger charge is 2.40. The van der Waals surface area contributed by atoms with Gasteiger partial charge in [0, 0.05) is 6.42 Å². The Morgan fingerprint density at radius 1 is 1.16 bits per heavy atom. The Balaban J connectivity index is 2.48. The highest BCUT2D eigenvalue weighted by molar-refractivity contribution is 5.88. The molecule has 1 amide bonds. The molecule has 0 aromatic heterocycles. The van der Waals surface area contributed by atoms with Gasteiger partial charge in [0.25, 0.3) is 0 Å². The van der Waals surface area contributed by atoms with Crippen LogP contribution in [-0.4, -0.2) is 35.1 Å². The number of aliphatic carboxylic acids is 1. The van der Waals surface area contributed by atoms with Gasteiger partial charge in [0.15, 0.2) is 0 Å². The molecule has 0 aromatic rings. The molecule has 108 valence electrons. The Hall–Kier alpha value is -1.59. The first kappa shape index (κ1) is 15.5. The monoisotopic (exact) mass is 271 g/mol. The van der Waals surface area contributed by atoms with E-state index in [1.165, 1.54) is 0 Å². The molecule has 0 aliphatic heterocycles. The number of carbonyl (C=O) groups excluding carboxylic acids is 2. The molecule has 1 aliphatic rings. The number of carbonyl (C=O) groups is 3. The number of nitrogens with one attached hydrogen (secondary N) is 1. The first-order chi connectivity index (χ1) is 9.00. The molecule has 0 aromatic carbocycles. The average molecular weight is 271 g/mol. The summed E-state index contributed by atoms with van der Waals surface area (Å²) in [6.45, 7) is 1.97. The van der Waals surface area contributed by atoms with Crippen LogP contribution >= 0.6 is 0 Å². The molecule has 1 saturated carbocycles. The first-order valence-corrected chi connectivity index (χ1v) is 6.70. The number of ether oxygens (including phenoxy) is 1. The van der Waals surface area contributed by atoms with Gasteiger partial charge < -0.3 is 15.2 Å². The Bertz CT molecular complexity index is 347. The number of rotatable bonds is 6. The van der Waals surface area contributed by atoms with Crippen molar-refractivity contribution in [1.82, 2.24) is 5.32 Å². The third-order valence-corrected chi connectivity index (χ3v) is 3.36. The summed E-state index contributed by atoms with van der Waals surface area (Å²) in [6.07, 6.45) is 3.44. The van der Waals surface area contributed by atoms with E-state index in [4.69, 9.17) is 4.74 Å². The summed E-state index contributed by atoms with van der Waals surface area (Å²) in [6, 6.07) is 0. The number of hydrogen-bond donors (Lipinski definition) is 2. The van der Waals surface area contributed by atoms with Crippen molar-refractivity contribution < 1.29 is 24.2 Å². The van der Waals surface area contributed by atoms with E-state index in [2.05, 4.69) is 5.32 Å². The number of carboxylic acid groups (broad SMARTS) is 1. The van der Waals surface area contributed by atoms with Crippen LogP contribution in [0.15, 0.2) is 0 Å². The van der Waals surface area contributed by atoms with E-state index in [1.54, 1.807) is 6.92 Å². The zero-order valence-corrected chi connectivity index (χ0v) is 11.2. The van der Waals surface area contributed by atoms with Crippen LogP contribution in [0, 0.1) is 0 Å². The Morgan fingerprint density at radius 2 is 1.79 bits per heavy atom. The molecule has 2 N–H and O–H groups in total. The van der Waals surface area contributed by atoms with Crippen molar-refractivity contribution >= 4 is 17.8 Å². The van der Waals surface area contributed by atoms with Crippen LogP contribution in [0.3, 0.4) is 0 Å². The van der Waals surface area contributed by atoms with Gasteiger partial charge in [0.1, 0.15) is 5.54 Å². The molecule has 0 atom stereocenters. The van der Waals surface area contributed by atoms with E-state index in [0.717, 1.165) is 19.3 Å². The summed E-state index contributed by atoms with van der Waals surface area (Å²) < 4.78 is 4.72. The molecule has 0 saturated heterocycles. The van der Waals surface area contributed by atoms with Crippen molar-refractivity contribution in [2.24, 2.45) is 0 Å². The molecule has 0 spiro atoms. The minimum atomic E-state index is -1.15. The highest BCUT2D eigenvalue weighted by atomic mass is 16.5. The van der Waals surface area contributed by atoms with Crippen LogP contribution in [-0.2, 0) is 19.1 Å². The van der Waals surface area contributed by atoms with Gasteiger partial charge in [0.2, 0.25) is 5.91 Å². The summed E-state index contributed by atoms with van der Waals surface area (Å²) >= 11 is 0. The SMILES string of the molecule is CCOC(=O)CCC(=O)NC1(C(=O)O)CCCCC1. The fourth-order valence-electron chi connectivity index (χ4n) is 2.33. The Kier molecular flexibility index (Phi) is 5.79. The number of esters is 1. The summed E-state index contributed by atoms with van der Waals surface area (Å²) in [5.41, 5.74) is -1.15. The Labute approximate surface area is 112 Å². The summed E-state index contributed by atoms with van der Waals surface area (Å²) in [5.74, 6) is -1.83. The van der Waals surface area contributed by atoms with Crippen LogP contribution in [0.25, 0.3) is 0 Å². The van der Waals surface area contributed by atoms with Crippen LogP contribution in [0.2, 0.25) is 0 Å². The van der Waals surface area contributed by atoms with E-state index in [-0.39, 0.29) is 19.4 Å². The summed E-state index contributed by atoms with van der Waals surface area (Å²) in [5, 5.41) is 11.9. The zero-order valence-electron chi connectivity index (χ0n) is 11.2. The lowest BCUT2D eigenvalue weighted by Crippen LogP contribution is -2.55. The van der Waals surface area contributed by atoms with E-state index >= 15 is 0 Å². The lowest BCUT2D eigenvalue weighted by atomic mass is 9.81. The van der Waals surface area contributed by atoms with E-state index in [9.17, 15) is 19.5 Å². The lowest BCUT2D eigenvalue weighted by Gasteiger charge is -2.33. The molecule has 1 fully saturated rings. The topological polar surface area (TPSA) is 92.7 Å². The van der Waals surface area contributed by atoms with Crippen molar-refractivity contribution in [3.8, 4) is 0 Å². The maximum absolute atomic E-state index is 11.7. The standard InChI is InChI=1S/C13H21NO5/c1-2-19-11(16)7-6-10(15)14-13(12(17)18)8-4-3-5-9-13/h2-9H2,1H3,(H,14,15)(H,17,18). The van der Waals surface area contributed by atoms with Gasteiger partial charge in [-0.1, -0.05) is 19.3 Å². The van der Waals surface area contributed by atoms with Gasteiger partial charge in [-0.2, -0.15) is 0 Å². The van der Waals surface area contributed by atoms with Crippen molar-refractivity contribution in [3.63, 3.8) is 0 Å². The van der Waals surface area contributed by atoms with Crippen LogP contribution in [0.5, 0.6) is 0 Å². The van der Waals surface area contributed by atoms with E-state index in [0.29, 0.717) is 12.8 Å². The van der Waals surface area contributed by atoms with Gasteiger partial charge >= 0.3 is 11.9 Å². The fourth-order valence-corrected chi connectivity index (χ4v) is 2.33. The third kappa shape index (κ3) is 4.54. The molecule has 1 aliphatic carbocycles. The molecule has 6 nitrogen and oxygen atoms in total. The molecule has 6 heteroatoms. The quantitative estimate of drug-likeness (QED) is 0.709. The van der Waals surface area contributed by atoms with E-state index in [1.807, 2.05) is 0 Å². The second-order valence-electron chi connectivity index (χ2n) is 4.80. The van der Waals surface area contributed by atoms with Crippen molar-refractivity contribution in [2.45, 2.75) is 57.4 Å². The normalized spacial score (nSPS) is 17.5. The van der Waals surface area contributed by atoms with Crippen LogP contribution < -0.4 is 5.32 Å². The fraction of sp³-hybridized carbons (Fsp3) is 0.769. The molecular formula is C13H21NO5. The molecule has 1 rings (SSSR count). The minimum Gasteiger partial charge on any atom is -0.480 e. The number of amides is 1. The molecule has 0 bridgehead atoms. The van der Waals surface area contributed by atoms with Gasteiger partial charge in [0.05, 0.1) is 13.0 Å². The second kappa shape index (κ2) is 7.11. The van der Waals surface area contributed by atoms with Gasteiger partial charge in [-0.05, 0) is 19.8 Å². The smallest absolute Gasteiger partial charge is 0.329 e. The van der Waals surface area contributed by atoms with Crippen LogP contribution in [0.4, 0.5) is 0 Å². The van der Waals surface area contributed by atoms with Gasteiger partial charge in [-0.25, -0.2) is 4.79 Å². The minimum absolute atomic E-state index is 0.0185. The maximum atomic E-state index is 11.7. The first-order valence-electron chi connectivity index (χ1n) is 6.70. The molecule has 0 heterocycles. The lowest BCUT2D eigenvalue weighted by molar-refractivity contribution is -0.149. The maximum Gasteiger partial charge on any atom is 0.329 e. The zero-order chi connectivity index (χ0) is 14.3. The van der Waals surface area contributed by atoms with Crippen molar-refractivity contribution in [1.29, 1.82) is 0 Å².